The highest BCUT2D eigenvalue weighted by molar-refractivity contribution is 6.16. The molecule has 0 aliphatic rings. The van der Waals surface area contributed by atoms with Gasteiger partial charge in [-0.05, 0) is 12.1 Å². The van der Waals surface area contributed by atoms with Gasteiger partial charge in [0.15, 0.2) is 0 Å². The van der Waals surface area contributed by atoms with Crippen molar-refractivity contribution in [2.45, 2.75) is 0 Å². The van der Waals surface area contributed by atoms with E-state index in [-0.39, 0.29) is 5.57 Å². The summed E-state index contributed by atoms with van der Waals surface area (Å²) in [5, 5.41) is 8.86. The summed E-state index contributed by atoms with van der Waals surface area (Å²) in [6.45, 7) is 3.48. The predicted octanol–water partition coefficient (Wildman–Crippen LogP) is 1.80. The van der Waals surface area contributed by atoms with Crippen LogP contribution in [-0.2, 0) is 4.79 Å². The van der Waals surface area contributed by atoms with Crippen LogP contribution in [0.2, 0.25) is 0 Å². The van der Waals surface area contributed by atoms with E-state index in [1.165, 1.54) is 14.2 Å². The maximum atomic E-state index is 10.8. The molecule has 0 saturated carbocycles. The Bertz CT molecular complexity index is 373. The summed E-state index contributed by atoms with van der Waals surface area (Å²) in [6, 6.07) is 5.04. The lowest BCUT2D eigenvalue weighted by molar-refractivity contribution is -0.130. The third-order valence-electron chi connectivity index (χ3n) is 1.99. The molecular weight excluding hydrogens is 196 g/mol. The number of hydrogen-bond donors (Lipinski definition) is 1. The van der Waals surface area contributed by atoms with Crippen LogP contribution in [0.1, 0.15) is 5.56 Å². The van der Waals surface area contributed by atoms with Crippen molar-refractivity contribution >= 4 is 11.5 Å². The van der Waals surface area contributed by atoms with Crippen LogP contribution in [0.3, 0.4) is 0 Å². The van der Waals surface area contributed by atoms with Crippen molar-refractivity contribution in [3.8, 4) is 11.5 Å². The molecule has 1 aromatic rings. The van der Waals surface area contributed by atoms with E-state index in [1.54, 1.807) is 18.2 Å². The molecule has 4 nitrogen and oxygen atoms in total. The van der Waals surface area contributed by atoms with Crippen LogP contribution in [0.15, 0.2) is 24.8 Å². The van der Waals surface area contributed by atoms with Gasteiger partial charge in [0.1, 0.15) is 11.5 Å². The summed E-state index contributed by atoms with van der Waals surface area (Å²) >= 11 is 0. The first-order valence-corrected chi connectivity index (χ1v) is 4.25. The maximum absolute atomic E-state index is 10.8. The minimum atomic E-state index is -1.10. The minimum Gasteiger partial charge on any atom is -0.496 e. The fourth-order valence-corrected chi connectivity index (χ4v) is 1.26. The number of benzene rings is 1. The number of aliphatic carboxylic acids is 1. The predicted molar refractivity (Wildman–Crippen MR) is 56.2 cm³/mol. The van der Waals surface area contributed by atoms with E-state index in [0.717, 1.165) is 0 Å². The standard InChI is InChI=1S/C11H12O4/c1-7(11(12)13)10-8(14-2)5-4-6-9(10)15-3/h4-6H,1H2,2-3H3,(H,12,13). The van der Waals surface area contributed by atoms with Crippen LogP contribution < -0.4 is 9.47 Å². The molecule has 1 aromatic carbocycles. The number of carboxylic acids is 1. The number of rotatable bonds is 4. The van der Waals surface area contributed by atoms with Gasteiger partial charge < -0.3 is 14.6 Å². The SMILES string of the molecule is C=C(C(=O)O)c1c(OC)cccc1OC. The third-order valence-corrected chi connectivity index (χ3v) is 1.99. The van der Waals surface area contributed by atoms with Gasteiger partial charge in [0.25, 0.3) is 0 Å². The second-order valence-corrected chi connectivity index (χ2v) is 2.82. The minimum absolute atomic E-state index is 0.0516. The van der Waals surface area contributed by atoms with Gasteiger partial charge in [-0.1, -0.05) is 12.6 Å². The van der Waals surface area contributed by atoms with Gasteiger partial charge in [0, 0.05) is 0 Å². The van der Waals surface area contributed by atoms with E-state index in [4.69, 9.17) is 14.6 Å². The Labute approximate surface area is 87.7 Å². The number of hydrogen-bond acceptors (Lipinski definition) is 3. The molecule has 0 aliphatic carbocycles. The molecule has 0 spiro atoms. The monoisotopic (exact) mass is 208 g/mol. The largest absolute Gasteiger partial charge is 0.496 e. The Balaban J connectivity index is 3.34. The highest BCUT2D eigenvalue weighted by atomic mass is 16.5. The summed E-state index contributed by atoms with van der Waals surface area (Å²) < 4.78 is 10.1. The summed E-state index contributed by atoms with van der Waals surface area (Å²) in [5.41, 5.74) is 0.319. The Morgan fingerprint density at radius 1 is 1.27 bits per heavy atom. The van der Waals surface area contributed by atoms with Gasteiger partial charge in [-0.2, -0.15) is 0 Å². The van der Waals surface area contributed by atoms with Crippen molar-refractivity contribution in [3.63, 3.8) is 0 Å². The summed E-state index contributed by atoms with van der Waals surface area (Å²) in [6.07, 6.45) is 0. The number of ether oxygens (including phenoxy) is 2. The average Bonchev–Trinajstić information content (AvgIpc) is 2.26. The molecular formula is C11H12O4. The van der Waals surface area contributed by atoms with Crippen molar-refractivity contribution in [2.75, 3.05) is 14.2 Å². The first-order valence-electron chi connectivity index (χ1n) is 4.25. The molecule has 0 radical (unpaired) electrons. The average molecular weight is 208 g/mol. The molecule has 0 aromatic heterocycles. The molecule has 15 heavy (non-hydrogen) atoms. The van der Waals surface area contributed by atoms with Crippen molar-refractivity contribution in [3.05, 3.63) is 30.3 Å². The molecule has 0 heterocycles. The van der Waals surface area contributed by atoms with E-state index >= 15 is 0 Å². The number of methoxy groups -OCH3 is 2. The molecule has 80 valence electrons. The van der Waals surface area contributed by atoms with Crippen LogP contribution in [0.4, 0.5) is 0 Å². The van der Waals surface area contributed by atoms with E-state index in [1.807, 2.05) is 0 Å². The van der Waals surface area contributed by atoms with E-state index < -0.39 is 5.97 Å². The zero-order chi connectivity index (χ0) is 11.4. The van der Waals surface area contributed by atoms with E-state index in [9.17, 15) is 4.79 Å². The Morgan fingerprint density at radius 3 is 2.07 bits per heavy atom. The highest BCUT2D eigenvalue weighted by Crippen LogP contribution is 2.33. The summed E-state index contributed by atoms with van der Waals surface area (Å²) in [4.78, 5) is 10.8. The van der Waals surface area contributed by atoms with Gasteiger partial charge in [0.05, 0.1) is 25.4 Å². The van der Waals surface area contributed by atoms with Gasteiger partial charge in [-0.25, -0.2) is 4.79 Å². The Morgan fingerprint density at radius 2 is 1.73 bits per heavy atom. The third kappa shape index (κ3) is 2.10. The number of carboxylic acid groups (broad SMARTS) is 1. The first kappa shape index (κ1) is 11.1. The molecule has 0 atom stereocenters. The molecule has 0 saturated heterocycles. The molecule has 0 bridgehead atoms. The number of carbonyl (C=O) groups is 1. The van der Waals surface area contributed by atoms with Gasteiger partial charge >= 0.3 is 5.97 Å². The zero-order valence-electron chi connectivity index (χ0n) is 8.61. The first-order chi connectivity index (χ1) is 7.11. The molecule has 1 rings (SSSR count). The van der Waals surface area contributed by atoms with Crippen molar-refractivity contribution in [1.29, 1.82) is 0 Å². The van der Waals surface area contributed by atoms with Crippen LogP contribution in [0.25, 0.3) is 5.57 Å². The van der Waals surface area contributed by atoms with Crippen molar-refractivity contribution in [2.24, 2.45) is 0 Å². The van der Waals surface area contributed by atoms with Crippen LogP contribution >= 0.6 is 0 Å². The quantitative estimate of drug-likeness (QED) is 0.766. The molecule has 0 amide bonds. The molecule has 0 unspecified atom stereocenters. The highest BCUT2D eigenvalue weighted by Gasteiger charge is 2.17. The molecule has 0 aliphatic heterocycles. The van der Waals surface area contributed by atoms with Crippen LogP contribution in [-0.4, -0.2) is 25.3 Å². The maximum Gasteiger partial charge on any atom is 0.335 e. The fraction of sp³-hybridized carbons (Fsp3) is 0.182. The van der Waals surface area contributed by atoms with Gasteiger partial charge in [-0.3, -0.25) is 0 Å². The van der Waals surface area contributed by atoms with Crippen molar-refractivity contribution in [1.82, 2.24) is 0 Å². The van der Waals surface area contributed by atoms with Gasteiger partial charge in [-0.15, -0.1) is 0 Å². The second-order valence-electron chi connectivity index (χ2n) is 2.82. The summed E-state index contributed by atoms with van der Waals surface area (Å²) in [7, 11) is 2.93. The lowest BCUT2D eigenvalue weighted by atomic mass is 10.1. The smallest absolute Gasteiger partial charge is 0.335 e. The zero-order valence-corrected chi connectivity index (χ0v) is 8.61. The Hall–Kier alpha value is -1.97. The fourth-order valence-electron chi connectivity index (χ4n) is 1.26. The second kappa shape index (κ2) is 4.50. The lowest BCUT2D eigenvalue weighted by Gasteiger charge is -2.12. The summed E-state index contributed by atoms with van der Waals surface area (Å²) in [5.74, 6) is -0.235. The Kier molecular flexibility index (Phi) is 3.33. The van der Waals surface area contributed by atoms with E-state index in [2.05, 4.69) is 6.58 Å². The molecule has 0 fully saturated rings. The topological polar surface area (TPSA) is 55.8 Å². The molecule has 1 N–H and O–H groups in total. The lowest BCUT2D eigenvalue weighted by Crippen LogP contribution is -2.02. The van der Waals surface area contributed by atoms with Crippen LogP contribution in [0.5, 0.6) is 11.5 Å². The van der Waals surface area contributed by atoms with E-state index in [0.29, 0.717) is 17.1 Å². The van der Waals surface area contributed by atoms with Gasteiger partial charge in [0.2, 0.25) is 0 Å². The van der Waals surface area contributed by atoms with Crippen molar-refractivity contribution < 1.29 is 19.4 Å². The molecule has 4 heteroatoms. The normalized spacial score (nSPS) is 9.47. The van der Waals surface area contributed by atoms with Crippen LogP contribution in [0, 0.1) is 0 Å².